The predicted molar refractivity (Wildman–Crippen MR) is 223 cm³/mol. The fraction of sp³-hybridized carbons (Fsp3) is 0.489. The Bertz CT molecular complexity index is 2490. The van der Waals surface area contributed by atoms with Gasteiger partial charge in [-0.2, -0.15) is 0 Å². The van der Waals surface area contributed by atoms with Crippen LogP contribution in [0.2, 0.25) is 0 Å². The summed E-state index contributed by atoms with van der Waals surface area (Å²) in [7, 11) is -4.04. The highest BCUT2D eigenvalue weighted by Crippen LogP contribution is 2.50. The Hall–Kier alpha value is -5.49. The maximum Gasteiger partial charge on any atom is 0.316 e. The molecule has 60 heavy (non-hydrogen) atoms. The first-order valence-electron chi connectivity index (χ1n) is 20.7. The van der Waals surface area contributed by atoms with Crippen molar-refractivity contribution in [2.75, 3.05) is 6.54 Å². The van der Waals surface area contributed by atoms with Crippen molar-refractivity contribution in [3.05, 3.63) is 72.1 Å². The monoisotopic (exact) mass is 838 g/mol. The molecule has 316 valence electrons. The van der Waals surface area contributed by atoms with Gasteiger partial charge in [0.15, 0.2) is 6.04 Å². The fourth-order valence-electron chi connectivity index (χ4n) is 8.55. The van der Waals surface area contributed by atoms with Crippen molar-refractivity contribution in [1.29, 1.82) is 0 Å². The summed E-state index contributed by atoms with van der Waals surface area (Å²) in [6.45, 7) is 6.91. The minimum absolute atomic E-state index is 0.0116. The van der Waals surface area contributed by atoms with Gasteiger partial charge in [-0.05, 0) is 97.3 Å². The lowest BCUT2D eigenvalue weighted by Crippen LogP contribution is -2.59. The van der Waals surface area contributed by atoms with Crippen LogP contribution < -0.4 is 25.4 Å². The molecule has 15 heteroatoms. The minimum atomic E-state index is -4.04. The van der Waals surface area contributed by atoms with E-state index in [0.717, 1.165) is 17.4 Å². The van der Waals surface area contributed by atoms with Crippen LogP contribution in [0.25, 0.3) is 22.2 Å². The number of hydrogen-bond acceptors (Lipinski definition) is 8. The number of nitrogens with one attached hydrogen (secondary N) is 4. The quantitative estimate of drug-likeness (QED) is 0.201. The second kappa shape index (κ2) is 15.2. The standard InChI is InChI=1S/C45H51FN6O7S/c1-42(2,3)50-41(56)48-34-19-10-8-6-5-7-9-15-29-25-45(29,40(55)51-60(57,58)43(4)22-23-43)49-38(53)35-26-44(27-52(35)39(34)54)21-20-32-31-17-11-12-18-33(31)47-36(37(32)59-44)28-14-13-16-30(46)24-28/h9,11-18,24,29,34-35H,5-8,20-23,25-27H2,1-4H3,(H,49,53)(H,51,55)(H2,48,50,56)/b15-9-/t29-,34+,35+,44-,45-/m1/s1. The number of pyridine rings is 1. The Kier molecular flexibility index (Phi) is 10.5. The zero-order chi connectivity index (χ0) is 42.7. The van der Waals surface area contributed by atoms with Crippen LogP contribution in [0, 0.1) is 23.6 Å². The molecule has 1 saturated heterocycles. The zero-order valence-corrected chi connectivity index (χ0v) is 35.1. The molecule has 2 aromatic carbocycles. The van der Waals surface area contributed by atoms with E-state index in [0.29, 0.717) is 67.5 Å². The van der Waals surface area contributed by atoms with E-state index in [1.165, 1.54) is 17.0 Å². The molecule has 2 saturated carbocycles. The van der Waals surface area contributed by atoms with E-state index in [1.807, 2.05) is 36.4 Å². The molecule has 0 bridgehead atoms. The number of allylic oxidation sites excluding steroid dienone is 1. The number of carbonyl (C=O) groups excluding carboxylic acids is 4. The Morgan fingerprint density at radius 2 is 1.83 bits per heavy atom. The van der Waals surface area contributed by atoms with Crippen LogP contribution >= 0.6 is 0 Å². The summed E-state index contributed by atoms with van der Waals surface area (Å²) >= 11 is 0. The predicted octanol–water partition coefficient (Wildman–Crippen LogP) is 5.18. The van der Waals surface area contributed by atoms with Crippen LogP contribution in [-0.2, 0) is 30.8 Å². The lowest BCUT2D eigenvalue weighted by atomic mass is 9.86. The van der Waals surface area contributed by atoms with E-state index < -0.39 is 79.0 Å². The summed E-state index contributed by atoms with van der Waals surface area (Å²) in [6.07, 6.45) is 8.20. The third-order valence-corrected chi connectivity index (χ3v) is 14.5. The first-order chi connectivity index (χ1) is 28.4. The van der Waals surface area contributed by atoms with Gasteiger partial charge in [-0.15, -0.1) is 5.92 Å². The number of aromatic nitrogens is 1. The SMILES string of the molecule is CC(C)(C)NC(=O)N[C@H]1C#CCCCC/C=C\[C@@H]2C[C@@]2(C(=O)NS(=O)(=O)C2(C)CC2)NC(=O)[C@@H]2C[C@]3(CCc4c(c(-c5cccc(F)c5)nc5ccccc45)O3)CN2C1=O. The van der Waals surface area contributed by atoms with Crippen molar-refractivity contribution in [1.82, 2.24) is 30.6 Å². The van der Waals surface area contributed by atoms with E-state index >= 15 is 0 Å². The van der Waals surface area contributed by atoms with E-state index in [9.17, 15) is 32.0 Å². The van der Waals surface area contributed by atoms with Gasteiger partial charge in [0.2, 0.25) is 15.9 Å². The fourth-order valence-corrected chi connectivity index (χ4v) is 9.86. The number of aryl methyl sites for hydroxylation is 1. The van der Waals surface area contributed by atoms with Gasteiger partial charge in [0, 0.05) is 40.8 Å². The highest BCUT2D eigenvalue weighted by atomic mass is 32.2. The third kappa shape index (κ3) is 8.06. The van der Waals surface area contributed by atoms with Crippen LogP contribution in [0.3, 0.4) is 0 Å². The number of urea groups is 1. The average molecular weight is 839 g/mol. The van der Waals surface area contributed by atoms with Crippen LogP contribution in [0.4, 0.5) is 9.18 Å². The molecule has 0 unspecified atom stereocenters. The molecule has 5 atom stereocenters. The van der Waals surface area contributed by atoms with Crippen molar-refractivity contribution < 1.29 is 36.7 Å². The van der Waals surface area contributed by atoms with Crippen LogP contribution in [-0.4, -0.2) is 82.1 Å². The highest BCUT2D eigenvalue weighted by Gasteiger charge is 2.64. The number of amides is 5. The van der Waals surface area contributed by atoms with E-state index in [2.05, 4.69) is 32.5 Å². The lowest BCUT2D eigenvalue weighted by Gasteiger charge is -2.37. The maximum atomic E-state index is 14.9. The summed E-state index contributed by atoms with van der Waals surface area (Å²) in [6, 6.07) is 10.5. The van der Waals surface area contributed by atoms with E-state index in [-0.39, 0.29) is 19.4 Å². The Labute approximate surface area is 349 Å². The lowest BCUT2D eigenvalue weighted by molar-refractivity contribution is -0.140. The molecule has 5 aliphatic rings. The molecule has 3 aliphatic heterocycles. The number of rotatable bonds is 5. The number of hydrogen-bond donors (Lipinski definition) is 4. The van der Waals surface area contributed by atoms with Crippen LogP contribution in [0.15, 0.2) is 60.7 Å². The smallest absolute Gasteiger partial charge is 0.316 e. The van der Waals surface area contributed by atoms with E-state index in [4.69, 9.17) is 9.72 Å². The number of fused-ring (bicyclic) bond motifs is 5. The summed E-state index contributed by atoms with van der Waals surface area (Å²) in [5, 5.41) is 9.34. The number of halogens is 1. The molecule has 3 aromatic rings. The zero-order valence-electron chi connectivity index (χ0n) is 34.3. The largest absolute Gasteiger partial charge is 0.483 e. The minimum Gasteiger partial charge on any atom is -0.483 e. The van der Waals surface area contributed by atoms with E-state index in [1.54, 1.807) is 39.8 Å². The van der Waals surface area contributed by atoms with Gasteiger partial charge in [0.25, 0.3) is 11.8 Å². The van der Waals surface area contributed by atoms with Crippen molar-refractivity contribution in [2.24, 2.45) is 5.92 Å². The number of sulfonamides is 1. The van der Waals surface area contributed by atoms with Crippen molar-refractivity contribution in [2.45, 2.75) is 125 Å². The van der Waals surface area contributed by atoms with Gasteiger partial charge in [0.05, 0.1) is 16.8 Å². The van der Waals surface area contributed by atoms with Gasteiger partial charge >= 0.3 is 6.03 Å². The van der Waals surface area contributed by atoms with Gasteiger partial charge < -0.3 is 25.6 Å². The van der Waals surface area contributed by atoms with Gasteiger partial charge in [0.1, 0.15) is 34.4 Å². The first kappa shape index (κ1) is 41.3. The topological polar surface area (TPSA) is 176 Å². The molecule has 1 aromatic heterocycles. The van der Waals surface area contributed by atoms with Crippen molar-refractivity contribution in [3.8, 4) is 28.8 Å². The first-order valence-corrected chi connectivity index (χ1v) is 22.2. The molecule has 4 N–H and O–H groups in total. The maximum absolute atomic E-state index is 14.9. The van der Waals surface area contributed by atoms with Crippen LogP contribution in [0.5, 0.6) is 5.75 Å². The van der Waals surface area contributed by atoms with Gasteiger partial charge in [-0.25, -0.2) is 22.6 Å². The summed E-state index contributed by atoms with van der Waals surface area (Å²) in [5.74, 6) is 3.38. The molecule has 0 radical (unpaired) electrons. The number of benzene rings is 2. The molecule has 8 rings (SSSR count). The van der Waals surface area contributed by atoms with Crippen molar-refractivity contribution >= 4 is 44.7 Å². The second-order valence-electron chi connectivity index (χ2n) is 18.2. The molecule has 3 fully saturated rings. The second-order valence-corrected chi connectivity index (χ2v) is 20.4. The molecular weight excluding hydrogens is 788 g/mol. The molecule has 2 aliphatic carbocycles. The van der Waals surface area contributed by atoms with Crippen LogP contribution in [0.1, 0.15) is 91.0 Å². The third-order valence-electron chi connectivity index (χ3n) is 12.3. The summed E-state index contributed by atoms with van der Waals surface area (Å²) in [5.41, 5.74) is -0.898. The summed E-state index contributed by atoms with van der Waals surface area (Å²) < 4.78 is 49.5. The average Bonchev–Trinajstić information content (AvgIpc) is 4.08. The Morgan fingerprint density at radius 1 is 1.05 bits per heavy atom. The number of nitrogens with zero attached hydrogens (tertiary/aromatic N) is 2. The molecule has 5 amide bonds. The highest BCUT2D eigenvalue weighted by molar-refractivity contribution is 7.91. The van der Waals surface area contributed by atoms with Gasteiger partial charge in [-0.1, -0.05) is 48.4 Å². The number of para-hydroxylation sites is 1. The number of carbonyl (C=O) groups is 4. The number of ether oxygens (including phenoxy) is 1. The van der Waals surface area contributed by atoms with Gasteiger partial charge in [-0.3, -0.25) is 19.1 Å². The molecule has 1 spiro atoms. The van der Waals surface area contributed by atoms with Crippen molar-refractivity contribution in [3.63, 3.8) is 0 Å². The molecule has 13 nitrogen and oxygen atoms in total. The normalized spacial score (nSPS) is 27.8. The Morgan fingerprint density at radius 3 is 2.58 bits per heavy atom. The summed E-state index contributed by atoms with van der Waals surface area (Å²) in [4.78, 5) is 63.3. The Balaban J connectivity index is 1.19. The molecule has 4 heterocycles. The molecular formula is C45H51FN6O7S.